The summed E-state index contributed by atoms with van der Waals surface area (Å²) in [5, 5.41) is 13.6. The SMILES string of the molecule is CNC(C)(COc1ccccc1[N+](=O)[O-])C(=O)OC. The first-order chi connectivity index (χ1) is 8.94. The van der Waals surface area contributed by atoms with Gasteiger partial charge in [0.15, 0.2) is 5.75 Å². The zero-order chi connectivity index (χ0) is 14.5. The Morgan fingerprint density at radius 3 is 2.63 bits per heavy atom. The quantitative estimate of drug-likeness (QED) is 0.472. The minimum Gasteiger partial charge on any atom is -0.484 e. The van der Waals surface area contributed by atoms with Crippen LogP contribution in [-0.2, 0) is 9.53 Å². The predicted octanol–water partition coefficient (Wildman–Crippen LogP) is 1.12. The van der Waals surface area contributed by atoms with Crippen LogP contribution in [0.2, 0.25) is 0 Å². The van der Waals surface area contributed by atoms with Crippen LogP contribution in [0.1, 0.15) is 6.92 Å². The summed E-state index contributed by atoms with van der Waals surface area (Å²) >= 11 is 0. The van der Waals surface area contributed by atoms with Gasteiger partial charge in [0.05, 0.1) is 12.0 Å². The van der Waals surface area contributed by atoms with Crippen molar-refractivity contribution >= 4 is 11.7 Å². The van der Waals surface area contributed by atoms with Gasteiger partial charge >= 0.3 is 11.7 Å². The van der Waals surface area contributed by atoms with E-state index < -0.39 is 16.4 Å². The lowest BCUT2D eigenvalue weighted by Crippen LogP contribution is -2.52. The van der Waals surface area contributed by atoms with Gasteiger partial charge in [0, 0.05) is 6.07 Å². The smallest absolute Gasteiger partial charge is 0.329 e. The summed E-state index contributed by atoms with van der Waals surface area (Å²) in [4.78, 5) is 21.9. The zero-order valence-electron chi connectivity index (χ0n) is 11.0. The molecule has 104 valence electrons. The Bertz CT molecular complexity index is 477. The Morgan fingerprint density at radius 1 is 1.47 bits per heavy atom. The van der Waals surface area contributed by atoms with Crippen molar-refractivity contribution in [2.75, 3.05) is 20.8 Å². The largest absolute Gasteiger partial charge is 0.484 e. The zero-order valence-corrected chi connectivity index (χ0v) is 11.0. The third kappa shape index (κ3) is 3.41. The second-order valence-electron chi connectivity index (χ2n) is 4.09. The highest BCUT2D eigenvalue weighted by molar-refractivity contribution is 5.80. The van der Waals surface area contributed by atoms with Gasteiger partial charge in [0.25, 0.3) is 0 Å². The Balaban J connectivity index is 2.87. The topological polar surface area (TPSA) is 90.7 Å². The summed E-state index contributed by atoms with van der Waals surface area (Å²) in [6.45, 7) is 1.51. The van der Waals surface area contributed by atoms with Gasteiger partial charge in [-0.05, 0) is 20.0 Å². The van der Waals surface area contributed by atoms with Crippen LogP contribution in [0.3, 0.4) is 0 Å². The molecule has 0 spiro atoms. The molecule has 0 aliphatic rings. The lowest BCUT2D eigenvalue weighted by atomic mass is 10.1. The van der Waals surface area contributed by atoms with Crippen LogP contribution in [0, 0.1) is 10.1 Å². The van der Waals surface area contributed by atoms with E-state index in [9.17, 15) is 14.9 Å². The Kier molecular flexibility index (Phi) is 4.82. The summed E-state index contributed by atoms with van der Waals surface area (Å²) in [6, 6.07) is 5.98. The molecule has 1 aromatic rings. The Morgan fingerprint density at radius 2 is 2.11 bits per heavy atom. The summed E-state index contributed by atoms with van der Waals surface area (Å²) in [6.07, 6.45) is 0. The van der Waals surface area contributed by atoms with Gasteiger partial charge in [-0.2, -0.15) is 0 Å². The number of hydrogen-bond donors (Lipinski definition) is 1. The number of nitrogens with one attached hydrogen (secondary N) is 1. The highest BCUT2D eigenvalue weighted by Crippen LogP contribution is 2.26. The molecule has 0 amide bonds. The first-order valence-electron chi connectivity index (χ1n) is 5.58. The van der Waals surface area contributed by atoms with E-state index in [0.29, 0.717) is 0 Å². The third-order valence-corrected chi connectivity index (χ3v) is 2.77. The molecule has 1 atom stereocenters. The molecule has 1 unspecified atom stereocenters. The first-order valence-corrected chi connectivity index (χ1v) is 5.58. The molecule has 7 heteroatoms. The molecule has 0 radical (unpaired) electrons. The summed E-state index contributed by atoms with van der Waals surface area (Å²) in [5.74, 6) is -0.397. The number of carbonyl (C=O) groups is 1. The van der Waals surface area contributed by atoms with Crippen LogP contribution in [0.5, 0.6) is 5.75 Å². The molecule has 0 heterocycles. The van der Waals surface area contributed by atoms with Gasteiger partial charge in [0.1, 0.15) is 12.1 Å². The molecule has 0 bridgehead atoms. The van der Waals surface area contributed by atoms with Crippen molar-refractivity contribution in [2.24, 2.45) is 0 Å². The standard InChI is InChI=1S/C12H16N2O5/c1-12(13-2,11(15)18-3)8-19-10-7-5-4-6-9(10)14(16)17/h4-7,13H,8H2,1-3H3. The van der Waals surface area contributed by atoms with Crippen LogP contribution < -0.4 is 10.1 Å². The molecule has 0 fully saturated rings. The number of rotatable bonds is 6. The molecule has 0 saturated heterocycles. The summed E-state index contributed by atoms with van der Waals surface area (Å²) < 4.78 is 10.0. The molecule has 0 aliphatic heterocycles. The molecule has 7 nitrogen and oxygen atoms in total. The second kappa shape index (κ2) is 6.14. The van der Waals surface area contributed by atoms with E-state index in [-0.39, 0.29) is 18.0 Å². The van der Waals surface area contributed by atoms with Gasteiger partial charge in [-0.15, -0.1) is 0 Å². The fourth-order valence-corrected chi connectivity index (χ4v) is 1.41. The summed E-state index contributed by atoms with van der Waals surface area (Å²) in [7, 11) is 2.85. The van der Waals surface area contributed by atoms with Crippen molar-refractivity contribution in [3.05, 3.63) is 34.4 Å². The van der Waals surface area contributed by atoms with Crippen molar-refractivity contribution in [3.63, 3.8) is 0 Å². The van der Waals surface area contributed by atoms with Gasteiger partial charge < -0.3 is 14.8 Å². The first kappa shape index (κ1) is 14.9. The van der Waals surface area contributed by atoms with E-state index >= 15 is 0 Å². The van der Waals surface area contributed by atoms with Crippen molar-refractivity contribution < 1.29 is 19.2 Å². The van der Waals surface area contributed by atoms with E-state index in [2.05, 4.69) is 10.1 Å². The number of methoxy groups -OCH3 is 1. The molecular formula is C12H16N2O5. The fraction of sp³-hybridized carbons (Fsp3) is 0.417. The van der Waals surface area contributed by atoms with Crippen LogP contribution in [0.25, 0.3) is 0 Å². The van der Waals surface area contributed by atoms with Crippen molar-refractivity contribution in [1.29, 1.82) is 0 Å². The minimum atomic E-state index is -1.07. The second-order valence-corrected chi connectivity index (χ2v) is 4.09. The summed E-state index contributed by atoms with van der Waals surface area (Å²) in [5.41, 5.74) is -1.22. The van der Waals surface area contributed by atoms with Crippen molar-refractivity contribution in [1.82, 2.24) is 5.32 Å². The number of ether oxygens (including phenoxy) is 2. The van der Waals surface area contributed by atoms with Gasteiger partial charge in [0.2, 0.25) is 0 Å². The number of nitro benzene ring substituents is 1. The lowest BCUT2D eigenvalue weighted by Gasteiger charge is -2.25. The average Bonchev–Trinajstić information content (AvgIpc) is 2.43. The molecule has 19 heavy (non-hydrogen) atoms. The van der Waals surface area contributed by atoms with Crippen LogP contribution in [-0.4, -0.2) is 37.2 Å². The van der Waals surface area contributed by atoms with Crippen LogP contribution >= 0.6 is 0 Å². The molecule has 0 saturated carbocycles. The van der Waals surface area contributed by atoms with Crippen LogP contribution in [0.15, 0.2) is 24.3 Å². The number of nitrogens with zero attached hydrogens (tertiary/aromatic N) is 1. The minimum absolute atomic E-state index is 0.0823. The monoisotopic (exact) mass is 268 g/mol. The number of benzene rings is 1. The number of esters is 1. The highest BCUT2D eigenvalue weighted by Gasteiger charge is 2.34. The van der Waals surface area contributed by atoms with E-state index in [0.717, 1.165) is 0 Å². The number of carbonyl (C=O) groups excluding carboxylic acids is 1. The van der Waals surface area contributed by atoms with E-state index in [1.54, 1.807) is 26.1 Å². The predicted molar refractivity (Wildman–Crippen MR) is 68.1 cm³/mol. The number of nitro groups is 1. The van der Waals surface area contributed by atoms with E-state index in [4.69, 9.17) is 4.74 Å². The molecule has 1 N–H and O–H groups in total. The average molecular weight is 268 g/mol. The van der Waals surface area contributed by atoms with Gasteiger partial charge in [-0.3, -0.25) is 10.1 Å². The third-order valence-electron chi connectivity index (χ3n) is 2.77. The Labute approximate surface area is 110 Å². The number of hydrogen-bond acceptors (Lipinski definition) is 6. The van der Waals surface area contributed by atoms with Crippen LogP contribution in [0.4, 0.5) is 5.69 Å². The Hall–Kier alpha value is -2.15. The number of likely N-dealkylation sites (N-methyl/N-ethyl adjacent to an activating group) is 1. The molecule has 1 aromatic carbocycles. The highest BCUT2D eigenvalue weighted by atomic mass is 16.6. The van der Waals surface area contributed by atoms with E-state index in [1.165, 1.54) is 19.2 Å². The lowest BCUT2D eigenvalue weighted by molar-refractivity contribution is -0.385. The van der Waals surface area contributed by atoms with Crippen molar-refractivity contribution in [3.8, 4) is 5.75 Å². The normalized spacial score (nSPS) is 13.4. The van der Waals surface area contributed by atoms with Gasteiger partial charge in [-0.1, -0.05) is 12.1 Å². The fourth-order valence-electron chi connectivity index (χ4n) is 1.41. The maximum atomic E-state index is 11.6. The molecular weight excluding hydrogens is 252 g/mol. The maximum absolute atomic E-state index is 11.6. The number of para-hydroxylation sites is 2. The van der Waals surface area contributed by atoms with Gasteiger partial charge in [-0.25, -0.2) is 4.79 Å². The van der Waals surface area contributed by atoms with Crippen molar-refractivity contribution in [2.45, 2.75) is 12.5 Å². The maximum Gasteiger partial charge on any atom is 0.329 e. The molecule has 1 rings (SSSR count). The molecule has 0 aromatic heterocycles. The van der Waals surface area contributed by atoms with E-state index in [1.807, 2.05) is 0 Å². The molecule has 0 aliphatic carbocycles.